The third kappa shape index (κ3) is 3.03. The van der Waals surface area contributed by atoms with Crippen molar-refractivity contribution in [3.05, 3.63) is 46.4 Å². The van der Waals surface area contributed by atoms with Crippen LogP contribution < -0.4 is 5.32 Å². The number of carbonyl (C=O) groups is 1. The van der Waals surface area contributed by atoms with E-state index in [1.54, 1.807) is 17.0 Å². The lowest BCUT2D eigenvalue weighted by Crippen LogP contribution is -2.39. The zero-order valence-corrected chi connectivity index (χ0v) is 16.1. The van der Waals surface area contributed by atoms with Gasteiger partial charge in [-0.25, -0.2) is 4.79 Å². The van der Waals surface area contributed by atoms with E-state index in [1.165, 1.54) is 0 Å². The first-order valence-corrected chi connectivity index (χ1v) is 9.67. The maximum absolute atomic E-state index is 12.8. The Morgan fingerprint density at radius 1 is 1.32 bits per heavy atom. The summed E-state index contributed by atoms with van der Waals surface area (Å²) in [5.41, 5.74) is 3.29. The number of para-hydroxylation sites is 1. The molecule has 1 fully saturated rings. The van der Waals surface area contributed by atoms with Gasteiger partial charge < -0.3 is 14.7 Å². The Balaban J connectivity index is 1.40. The number of aromatic nitrogens is 4. The summed E-state index contributed by atoms with van der Waals surface area (Å²) in [7, 11) is 1.90. The van der Waals surface area contributed by atoms with Crippen LogP contribution in [0.25, 0.3) is 11.6 Å². The quantitative estimate of drug-likeness (QED) is 0.728. The Bertz CT molecular complexity index is 1050. The molecule has 5 rings (SSSR count). The molecule has 2 aliphatic rings. The van der Waals surface area contributed by atoms with E-state index in [9.17, 15) is 4.79 Å². The highest BCUT2D eigenvalue weighted by atomic mass is 35.5. The molecule has 0 radical (unpaired) electrons. The van der Waals surface area contributed by atoms with Crippen molar-refractivity contribution in [2.75, 3.05) is 11.9 Å². The Kier molecular flexibility index (Phi) is 4.08. The number of fused-ring (bicyclic) bond motifs is 1. The highest BCUT2D eigenvalue weighted by Gasteiger charge is 2.32. The monoisotopic (exact) mass is 398 g/mol. The number of carbonyl (C=O) groups excluding carboxylic acids is 1. The number of benzene rings is 1. The molecule has 1 aliphatic carbocycles. The molecule has 9 heteroatoms. The molecular formula is C19H19ClN6O2. The first-order valence-electron chi connectivity index (χ1n) is 9.29. The second kappa shape index (κ2) is 6.63. The van der Waals surface area contributed by atoms with Crippen LogP contribution in [-0.4, -0.2) is 37.4 Å². The van der Waals surface area contributed by atoms with Crippen LogP contribution in [0, 0.1) is 0 Å². The fraction of sp³-hybridized carbons (Fsp3) is 0.368. The summed E-state index contributed by atoms with van der Waals surface area (Å²) < 4.78 is 7.31. The Morgan fingerprint density at radius 3 is 2.93 bits per heavy atom. The number of nitrogens with one attached hydrogen (secondary N) is 1. The summed E-state index contributed by atoms with van der Waals surface area (Å²) in [5.74, 6) is 1.58. The van der Waals surface area contributed by atoms with Gasteiger partial charge in [0, 0.05) is 37.2 Å². The van der Waals surface area contributed by atoms with Crippen LogP contribution in [-0.2, 0) is 20.0 Å². The van der Waals surface area contributed by atoms with Gasteiger partial charge in [-0.15, -0.1) is 0 Å². The van der Waals surface area contributed by atoms with Gasteiger partial charge in [-0.2, -0.15) is 10.1 Å². The summed E-state index contributed by atoms with van der Waals surface area (Å²) >= 11 is 6.16. The molecular weight excluding hydrogens is 380 g/mol. The second-order valence-corrected chi connectivity index (χ2v) is 7.62. The Labute approximate surface area is 166 Å². The fourth-order valence-electron chi connectivity index (χ4n) is 3.53. The van der Waals surface area contributed by atoms with E-state index in [-0.39, 0.29) is 6.03 Å². The normalized spacial score (nSPS) is 16.1. The minimum Gasteiger partial charge on any atom is -0.332 e. The summed E-state index contributed by atoms with van der Waals surface area (Å²) in [6.45, 7) is 1.02. The predicted molar refractivity (Wildman–Crippen MR) is 103 cm³/mol. The number of halogens is 1. The largest absolute Gasteiger partial charge is 0.332 e. The van der Waals surface area contributed by atoms with Gasteiger partial charge in [0.15, 0.2) is 11.5 Å². The van der Waals surface area contributed by atoms with Gasteiger partial charge in [0.05, 0.1) is 17.3 Å². The Morgan fingerprint density at radius 2 is 2.14 bits per heavy atom. The maximum atomic E-state index is 12.8. The molecule has 3 heterocycles. The maximum Gasteiger partial charge on any atom is 0.322 e. The average molecular weight is 399 g/mol. The zero-order chi connectivity index (χ0) is 19.3. The van der Waals surface area contributed by atoms with Crippen LogP contribution >= 0.6 is 11.6 Å². The number of nitrogens with zero attached hydrogens (tertiary/aromatic N) is 5. The summed E-state index contributed by atoms with van der Waals surface area (Å²) in [5, 5.41) is 12.1. The van der Waals surface area contributed by atoms with Gasteiger partial charge in [0.1, 0.15) is 0 Å². The zero-order valence-electron chi connectivity index (χ0n) is 15.4. The lowest BCUT2D eigenvalue weighted by Gasteiger charge is -2.27. The summed E-state index contributed by atoms with van der Waals surface area (Å²) in [6, 6.07) is 6.99. The van der Waals surface area contributed by atoms with E-state index < -0.39 is 0 Å². The van der Waals surface area contributed by atoms with Gasteiger partial charge in [0.2, 0.25) is 0 Å². The van der Waals surface area contributed by atoms with Gasteiger partial charge in [-0.3, -0.25) is 4.68 Å². The van der Waals surface area contributed by atoms with Crippen LogP contribution in [0.4, 0.5) is 10.5 Å². The minimum atomic E-state index is -0.197. The highest BCUT2D eigenvalue weighted by Crippen LogP contribution is 2.39. The number of urea groups is 1. The number of anilines is 1. The van der Waals surface area contributed by atoms with E-state index in [1.807, 2.05) is 23.9 Å². The first kappa shape index (κ1) is 17.2. The van der Waals surface area contributed by atoms with Crippen molar-refractivity contribution in [2.24, 2.45) is 7.05 Å². The van der Waals surface area contributed by atoms with Gasteiger partial charge in [-0.05, 0) is 25.0 Å². The van der Waals surface area contributed by atoms with Crippen LogP contribution in [0.2, 0.25) is 5.02 Å². The summed E-state index contributed by atoms with van der Waals surface area (Å²) in [4.78, 5) is 19.0. The molecule has 0 unspecified atom stereocenters. The van der Waals surface area contributed by atoms with Crippen molar-refractivity contribution in [1.82, 2.24) is 24.8 Å². The Hall–Kier alpha value is -2.87. The van der Waals surface area contributed by atoms with E-state index in [4.69, 9.17) is 16.1 Å². The van der Waals surface area contributed by atoms with E-state index in [0.29, 0.717) is 47.7 Å². The highest BCUT2D eigenvalue weighted by molar-refractivity contribution is 6.33. The van der Waals surface area contributed by atoms with Crippen molar-refractivity contribution < 1.29 is 9.32 Å². The number of hydrogen-bond donors (Lipinski definition) is 1. The number of hydrogen-bond acceptors (Lipinski definition) is 5. The first-order chi connectivity index (χ1) is 13.6. The molecule has 1 aromatic carbocycles. The van der Waals surface area contributed by atoms with Crippen LogP contribution in [0.3, 0.4) is 0 Å². The molecule has 1 saturated carbocycles. The minimum absolute atomic E-state index is 0.197. The molecule has 144 valence electrons. The predicted octanol–water partition coefficient (Wildman–Crippen LogP) is 3.59. The van der Waals surface area contributed by atoms with Crippen LogP contribution in [0.5, 0.6) is 0 Å². The third-order valence-electron chi connectivity index (χ3n) is 5.23. The van der Waals surface area contributed by atoms with E-state index in [2.05, 4.69) is 20.6 Å². The van der Waals surface area contributed by atoms with Crippen LogP contribution in [0.15, 0.2) is 28.8 Å². The van der Waals surface area contributed by atoms with Crippen molar-refractivity contribution >= 4 is 23.3 Å². The van der Waals surface area contributed by atoms with Gasteiger partial charge >= 0.3 is 6.03 Å². The fourth-order valence-corrected chi connectivity index (χ4v) is 3.72. The van der Waals surface area contributed by atoms with Crippen molar-refractivity contribution in [2.45, 2.75) is 31.7 Å². The van der Waals surface area contributed by atoms with Crippen molar-refractivity contribution in [1.29, 1.82) is 0 Å². The second-order valence-electron chi connectivity index (χ2n) is 7.21. The molecule has 0 atom stereocenters. The average Bonchev–Trinajstić information content (AvgIpc) is 3.34. The standard InChI is InChI=1S/C19H19ClN6O2/c1-25-15-8-9-26(19(27)21-14-5-3-2-4-13(14)20)10-12(15)16(23-25)18-22-17(24-28-18)11-6-7-11/h2-5,11H,6-10H2,1H3,(H,21,27). The molecule has 1 aliphatic heterocycles. The molecule has 2 amide bonds. The smallest absolute Gasteiger partial charge is 0.322 e. The van der Waals surface area contributed by atoms with Gasteiger partial charge in [0.25, 0.3) is 5.89 Å². The lowest BCUT2D eigenvalue weighted by atomic mass is 10.1. The van der Waals surface area contributed by atoms with Crippen LogP contribution in [0.1, 0.15) is 35.8 Å². The van der Waals surface area contributed by atoms with Crippen molar-refractivity contribution in [3.63, 3.8) is 0 Å². The lowest BCUT2D eigenvalue weighted by molar-refractivity contribution is 0.206. The molecule has 0 saturated heterocycles. The molecule has 28 heavy (non-hydrogen) atoms. The molecule has 0 bridgehead atoms. The van der Waals surface area contributed by atoms with Gasteiger partial charge in [-0.1, -0.05) is 28.9 Å². The number of aryl methyl sites for hydroxylation is 1. The van der Waals surface area contributed by atoms with Crippen molar-refractivity contribution in [3.8, 4) is 11.6 Å². The molecule has 8 nitrogen and oxygen atoms in total. The van der Waals surface area contributed by atoms with E-state index >= 15 is 0 Å². The summed E-state index contributed by atoms with van der Waals surface area (Å²) in [6.07, 6.45) is 2.92. The van der Waals surface area contributed by atoms with E-state index in [0.717, 1.165) is 29.9 Å². The SMILES string of the molecule is Cn1nc(-c2nc(C3CC3)no2)c2c1CCN(C(=O)Nc1ccccc1Cl)C2. The number of rotatable bonds is 3. The molecule has 0 spiro atoms. The number of amides is 2. The molecule has 3 aromatic rings. The molecule has 2 aromatic heterocycles. The topological polar surface area (TPSA) is 89.1 Å². The molecule has 1 N–H and O–H groups in total. The third-order valence-corrected chi connectivity index (χ3v) is 5.56.